The standard InChI is InChI=1S/C25H24BrN3O4S/c1-32-13-14-33-22-12-9-19(26)15-21(22)24(31)29-25(34)28-20-10-7-18(8-11-20)23(30)27-16-17-5-3-2-4-6-17/h2-12,15H,13-14,16H2,1H3,(H,27,30)(H2,28,29,31,34). The number of rotatable bonds is 9. The number of methoxy groups -OCH3 is 1. The molecule has 0 bridgehead atoms. The number of hydrogen-bond donors (Lipinski definition) is 3. The Bertz CT molecular complexity index is 1140. The predicted molar refractivity (Wildman–Crippen MR) is 139 cm³/mol. The smallest absolute Gasteiger partial charge is 0.261 e. The summed E-state index contributed by atoms with van der Waals surface area (Å²) in [4.78, 5) is 25.1. The number of carbonyl (C=O) groups excluding carboxylic acids is 2. The van der Waals surface area contributed by atoms with Gasteiger partial charge in [0.1, 0.15) is 12.4 Å². The molecule has 0 fully saturated rings. The summed E-state index contributed by atoms with van der Waals surface area (Å²) in [6.07, 6.45) is 0. The molecule has 0 heterocycles. The Morgan fingerprint density at radius 1 is 0.941 bits per heavy atom. The van der Waals surface area contributed by atoms with E-state index in [1.165, 1.54) is 0 Å². The minimum Gasteiger partial charge on any atom is -0.490 e. The SMILES string of the molecule is COCCOc1ccc(Br)cc1C(=O)NC(=S)Nc1ccc(C(=O)NCc2ccccc2)cc1. The molecule has 3 rings (SSSR count). The van der Waals surface area contributed by atoms with Crippen LogP contribution >= 0.6 is 28.1 Å². The highest BCUT2D eigenvalue weighted by atomic mass is 79.9. The van der Waals surface area contributed by atoms with Crippen LogP contribution in [0.15, 0.2) is 77.3 Å². The summed E-state index contributed by atoms with van der Waals surface area (Å²) in [5, 5.41) is 8.60. The van der Waals surface area contributed by atoms with Crippen LogP contribution in [-0.4, -0.2) is 37.3 Å². The van der Waals surface area contributed by atoms with Gasteiger partial charge in [-0.05, 0) is 60.2 Å². The zero-order valence-corrected chi connectivity index (χ0v) is 20.9. The van der Waals surface area contributed by atoms with E-state index in [4.69, 9.17) is 21.7 Å². The Morgan fingerprint density at radius 3 is 2.38 bits per heavy atom. The molecule has 2 amide bonds. The third kappa shape index (κ3) is 7.65. The summed E-state index contributed by atoms with van der Waals surface area (Å²) in [6, 6.07) is 21.6. The van der Waals surface area contributed by atoms with E-state index in [9.17, 15) is 9.59 Å². The summed E-state index contributed by atoms with van der Waals surface area (Å²) in [7, 11) is 1.58. The van der Waals surface area contributed by atoms with E-state index in [0.29, 0.717) is 42.3 Å². The van der Waals surface area contributed by atoms with Crippen LogP contribution in [0.25, 0.3) is 0 Å². The fourth-order valence-electron chi connectivity index (χ4n) is 2.96. The van der Waals surface area contributed by atoms with Crippen LogP contribution in [-0.2, 0) is 11.3 Å². The van der Waals surface area contributed by atoms with Crippen molar-refractivity contribution in [3.8, 4) is 5.75 Å². The second kappa shape index (κ2) is 12.8. The predicted octanol–water partition coefficient (Wildman–Crippen LogP) is 4.53. The first-order chi connectivity index (χ1) is 16.5. The van der Waals surface area contributed by atoms with Crippen LogP contribution in [0.1, 0.15) is 26.3 Å². The van der Waals surface area contributed by atoms with Crippen LogP contribution in [0.5, 0.6) is 5.75 Å². The molecular weight excluding hydrogens is 518 g/mol. The lowest BCUT2D eigenvalue weighted by molar-refractivity contribution is 0.0948. The van der Waals surface area contributed by atoms with Gasteiger partial charge >= 0.3 is 0 Å². The number of hydrogen-bond acceptors (Lipinski definition) is 5. The molecule has 0 aliphatic rings. The van der Waals surface area contributed by atoms with Gasteiger partial charge in [-0.1, -0.05) is 46.3 Å². The number of carbonyl (C=O) groups is 2. The number of anilines is 1. The molecule has 0 unspecified atom stereocenters. The van der Waals surface area contributed by atoms with E-state index in [1.807, 2.05) is 30.3 Å². The third-order valence-electron chi connectivity index (χ3n) is 4.66. The van der Waals surface area contributed by atoms with Crippen molar-refractivity contribution in [2.24, 2.45) is 0 Å². The zero-order valence-electron chi connectivity index (χ0n) is 18.5. The number of thiocarbonyl (C=S) groups is 1. The van der Waals surface area contributed by atoms with Crippen molar-refractivity contribution >= 4 is 50.8 Å². The van der Waals surface area contributed by atoms with Crippen LogP contribution in [0.4, 0.5) is 5.69 Å². The normalized spacial score (nSPS) is 10.3. The second-order valence-corrected chi connectivity index (χ2v) is 8.46. The maximum atomic E-state index is 12.8. The van der Waals surface area contributed by atoms with E-state index >= 15 is 0 Å². The number of amides is 2. The number of ether oxygens (including phenoxy) is 2. The maximum absolute atomic E-state index is 12.8. The van der Waals surface area contributed by atoms with Crippen molar-refractivity contribution in [3.63, 3.8) is 0 Å². The number of halogens is 1. The van der Waals surface area contributed by atoms with Gasteiger partial charge in [0.25, 0.3) is 11.8 Å². The molecule has 0 saturated heterocycles. The minimum atomic E-state index is -0.414. The highest BCUT2D eigenvalue weighted by Gasteiger charge is 2.15. The molecule has 176 valence electrons. The average molecular weight is 542 g/mol. The molecule has 0 atom stereocenters. The summed E-state index contributed by atoms with van der Waals surface area (Å²) in [6.45, 7) is 1.16. The third-order valence-corrected chi connectivity index (χ3v) is 5.36. The molecule has 3 N–H and O–H groups in total. The van der Waals surface area contributed by atoms with Crippen molar-refractivity contribution in [3.05, 3.63) is 94.0 Å². The van der Waals surface area contributed by atoms with Crippen LogP contribution in [0.3, 0.4) is 0 Å². The Kier molecular flexibility index (Phi) is 9.57. The molecule has 7 nitrogen and oxygen atoms in total. The summed E-state index contributed by atoms with van der Waals surface area (Å²) < 4.78 is 11.3. The Morgan fingerprint density at radius 2 is 1.68 bits per heavy atom. The molecule has 3 aromatic carbocycles. The van der Waals surface area contributed by atoms with E-state index in [-0.39, 0.29) is 11.0 Å². The van der Waals surface area contributed by atoms with Gasteiger partial charge in [-0.2, -0.15) is 0 Å². The van der Waals surface area contributed by atoms with Gasteiger partial charge in [-0.3, -0.25) is 14.9 Å². The molecule has 0 aliphatic heterocycles. The fraction of sp³-hybridized carbons (Fsp3) is 0.160. The number of nitrogens with one attached hydrogen (secondary N) is 3. The van der Waals surface area contributed by atoms with Gasteiger partial charge in [0, 0.05) is 29.4 Å². The second-order valence-electron chi connectivity index (χ2n) is 7.14. The largest absolute Gasteiger partial charge is 0.490 e. The van der Waals surface area contributed by atoms with Crippen LogP contribution < -0.4 is 20.7 Å². The van der Waals surface area contributed by atoms with Gasteiger partial charge < -0.3 is 20.1 Å². The van der Waals surface area contributed by atoms with Crippen molar-refractivity contribution in [2.75, 3.05) is 25.6 Å². The van der Waals surface area contributed by atoms with Gasteiger partial charge in [0.2, 0.25) is 0 Å². The molecule has 34 heavy (non-hydrogen) atoms. The lowest BCUT2D eigenvalue weighted by Gasteiger charge is -2.13. The van der Waals surface area contributed by atoms with Gasteiger partial charge in [-0.15, -0.1) is 0 Å². The molecule has 9 heteroatoms. The van der Waals surface area contributed by atoms with Crippen LogP contribution in [0, 0.1) is 0 Å². The van der Waals surface area contributed by atoms with Crippen LogP contribution in [0.2, 0.25) is 0 Å². The Hall–Kier alpha value is -3.27. The summed E-state index contributed by atoms with van der Waals surface area (Å²) in [5.41, 5.74) is 2.51. The topological polar surface area (TPSA) is 88.7 Å². The molecule has 0 saturated carbocycles. The van der Waals surface area contributed by atoms with Gasteiger partial charge in [0.05, 0.1) is 12.2 Å². The monoisotopic (exact) mass is 541 g/mol. The van der Waals surface area contributed by atoms with Crippen molar-refractivity contribution < 1.29 is 19.1 Å². The zero-order chi connectivity index (χ0) is 24.3. The molecule has 3 aromatic rings. The Labute approximate surface area is 212 Å². The van der Waals surface area contributed by atoms with Crippen molar-refractivity contribution in [2.45, 2.75) is 6.54 Å². The maximum Gasteiger partial charge on any atom is 0.261 e. The fourth-order valence-corrected chi connectivity index (χ4v) is 3.53. The lowest BCUT2D eigenvalue weighted by Crippen LogP contribution is -2.34. The highest BCUT2D eigenvalue weighted by Crippen LogP contribution is 2.23. The van der Waals surface area contributed by atoms with E-state index in [2.05, 4.69) is 31.9 Å². The Balaban J connectivity index is 1.55. The average Bonchev–Trinajstić information content (AvgIpc) is 2.84. The molecule has 0 radical (unpaired) electrons. The molecular formula is C25H24BrN3O4S. The lowest BCUT2D eigenvalue weighted by atomic mass is 10.1. The summed E-state index contributed by atoms with van der Waals surface area (Å²) >= 11 is 8.65. The number of benzene rings is 3. The first-order valence-corrected chi connectivity index (χ1v) is 11.6. The minimum absolute atomic E-state index is 0.120. The van der Waals surface area contributed by atoms with E-state index in [0.717, 1.165) is 10.0 Å². The highest BCUT2D eigenvalue weighted by molar-refractivity contribution is 9.10. The van der Waals surface area contributed by atoms with Gasteiger partial charge in [0.15, 0.2) is 5.11 Å². The first kappa shape index (κ1) is 25.4. The van der Waals surface area contributed by atoms with E-state index in [1.54, 1.807) is 49.6 Å². The van der Waals surface area contributed by atoms with Gasteiger partial charge in [-0.25, -0.2) is 0 Å². The molecule has 0 aliphatic carbocycles. The summed E-state index contributed by atoms with van der Waals surface area (Å²) in [5.74, 6) is -0.170. The van der Waals surface area contributed by atoms with Crippen molar-refractivity contribution in [1.82, 2.24) is 10.6 Å². The quantitative estimate of drug-likeness (QED) is 0.272. The molecule has 0 spiro atoms. The molecule has 0 aromatic heterocycles. The first-order valence-electron chi connectivity index (χ1n) is 10.4. The van der Waals surface area contributed by atoms with Crippen molar-refractivity contribution in [1.29, 1.82) is 0 Å². The van der Waals surface area contributed by atoms with E-state index < -0.39 is 5.91 Å².